The van der Waals surface area contributed by atoms with Gasteiger partial charge in [-0.05, 0) is 35.9 Å². The van der Waals surface area contributed by atoms with E-state index in [0.717, 1.165) is 33.7 Å². The second-order valence-electron chi connectivity index (χ2n) is 5.51. The lowest BCUT2D eigenvalue weighted by Gasteiger charge is -2.03. The molecule has 0 unspecified atom stereocenters. The number of hydrogen-bond acceptors (Lipinski definition) is 3. The van der Waals surface area contributed by atoms with E-state index in [1.165, 1.54) is 0 Å². The standard InChI is InChI=1S/C19H14ClN3O/c20-16-6-4-14(5-7-16)18-11-23-19(21-18)9-8-17(22-23)15-3-1-2-13(10-15)12-24/h1-11,24H,12H2. The van der Waals surface area contributed by atoms with Crippen LogP contribution in [-0.4, -0.2) is 19.7 Å². The highest BCUT2D eigenvalue weighted by Gasteiger charge is 2.07. The van der Waals surface area contributed by atoms with Crippen molar-refractivity contribution in [1.82, 2.24) is 14.6 Å². The number of imidazole rings is 1. The SMILES string of the molecule is OCc1cccc(-c2ccc3nc(-c4ccc(Cl)cc4)cn3n2)c1. The van der Waals surface area contributed by atoms with E-state index in [9.17, 15) is 5.11 Å². The summed E-state index contributed by atoms with van der Waals surface area (Å²) in [6.45, 7) is 0.0157. The Morgan fingerprint density at radius 2 is 1.75 bits per heavy atom. The number of aromatic nitrogens is 3. The third kappa shape index (κ3) is 2.77. The Kier molecular flexibility index (Phi) is 3.76. The number of benzene rings is 2. The van der Waals surface area contributed by atoms with E-state index in [1.807, 2.05) is 66.9 Å². The Morgan fingerprint density at radius 1 is 0.917 bits per heavy atom. The Balaban J connectivity index is 1.76. The van der Waals surface area contributed by atoms with Crippen molar-refractivity contribution in [2.24, 2.45) is 0 Å². The fourth-order valence-corrected chi connectivity index (χ4v) is 2.75. The minimum absolute atomic E-state index is 0.0157. The quantitative estimate of drug-likeness (QED) is 0.610. The average Bonchev–Trinajstić information content (AvgIpc) is 3.05. The number of aliphatic hydroxyl groups excluding tert-OH is 1. The molecule has 0 aliphatic heterocycles. The first-order chi connectivity index (χ1) is 11.7. The van der Waals surface area contributed by atoms with Crippen LogP contribution in [0.15, 0.2) is 66.9 Å². The van der Waals surface area contributed by atoms with Crippen molar-refractivity contribution in [2.45, 2.75) is 6.61 Å². The van der Waals surface area contributed by atoms with Gasteiger partial charge in [0.25, 0.3) is 0 Å². The summed E-state index contributed by atoms with van der Waals surface area (Å²) in [5.41, 5.74) is 5.28. The van der Waals surface area contributed by atoms with Gasteiger partial charge in [0.15, 0.2) is 5.65 Å². The van der Waals surface area contributed by atoms with Crippen molar-refractivity contribution in [3.63, 3.8) is 0 Å². The fraction of sp³-hybridized carbons (Fsp3) is 0.0526. The Hall–Kier alpha value is -2.69. The van der Waals surface area contributed by atoms with Crippen LogP contribution in [0, 0.1) is 0 Å². The molecule has 2 aromatic carbocycles. The first-order valence-corrected chi connectivity index (χ1v) is 7.93. The Labute approximate surface area is 144 Å². The summed E-state index contributed by atoms with van der Waals surface area (Å²) in [4.78, 5) is 4.60. The van der Waals surface area contributed by atoms with E-state index in [0.29, 0.717) is 5.02 Å². The summed E-state index contributed by atoms with van der Waals surface area (Å²) in [6.07, 6.45) is 1.90. The number of halogens is 1. The number of fused-ring (bicyclic) bond motifs is 1. The summed E-state index contributed by atoms with van der Waals surface area (Å²) in [5, 5.41) is 14.6. The van der Waals surface area contributed by atoms with Gasteiger partial charge in [0.1, 0.15) is 0 Å². The summed E-state index contributed by atoms with van der Waals surface area (Å²) < 4.78 is 1.77. The van der Waals surface area contributed by atoms with Crippen molar-refractivity contribution in [3.05, 3.63) is 77.4 Å². The molecular weight excluding hydrogens is 322 g/mol. The minimum atomic E-state index is 0.0157. The van der Waals surface area contributed by atoms with Gasteiger partial charge in [-0.3, -0.25) is 0 Å². The van der Waals surface area contributed by atoms with Gasteiger partial charge in [-0.25, -0.2) is 9.50 Å². The molecule has 2 heterocycles. The van der Waals surface area contributed by atoms with Gasteiger partial charge in [-0.1, -0.05) is 41.9 Å². The lowest BCUT2D eigenvalue weighted by Crippen LogP contribution is -1.93. The van der Waals surface area contributed by atoms with Crippen molar-refractivity contribution < 1.29 is 5.11 Å². The first kappa shape index (κ1) is 14.9. The molecule has 0 fully saturated rings. The zero-order valence-electron chi connectivity index (χ0n) is 12.7. The molecule has 1 N–H and O–H groups in total. The first-order valence-electron chi connectivity index (χ1n) is 7.55. The van der Waals surface area contributed by atoms with Crippen LogP contribution in [0.1, 0.15) is 5.56 Å². The van der Waals surface area contributed by atoms with Gasteiger partial charge < -0.3 is 5.11 Å². The summed E-state index contributed by atoms with van der Waals surface area (Å²) in [7, 11) is 0. The largest absolute Gasteiger partial charge is 0.392 e. The molecule has 4 aromatic rings. The van der Waals surface area contributed by atoms with Crippen LogP contribution in [0.5, 0.6) is 0 Å². The van der Waals surface area contributed by atoms with Crippen LogP contribution in [0.2, 0.25) is 5.02 Å². The van der Waals surface area contributed by atoms with Gasteiger partial charge >= 0.3 is 0 Å². The van der Waals surface area contributed by atoms with Crippen LogP contribution in [0.3, 0.4) is 0 Å². The van der Waals surface area contributed by atoms with Crippen LogP contribution >= 0.6 is 11.6 Å². The Bertz CT molecular complexity index is 1010. The van der Waals surface area contributed by atoms with E-state index in [2.05, 4.69) is 10.1 Å². The second-order valence-corrected chi connectivity index (χ2v) is 5.95. The third-order valence-electron chi connectivity index (χ3n) is 3.87. The van der Waals surface area contributed by atoms with Gasteiger partial charge in [0, 0.05) is 16.1 Å². The van der Waals surface area contributed by atoms with Gasteiger partial charge in [0.2, 0.25) is 0 Å². The molecule has 0 atom stereocenters. The van der Waals surface area contributed by atoms with Crippen molar-refractivity contribution >= 4 is 17.2 Å². The Morgan fingerprint density at radius 3 is 2.54 bits per heavy atom. The molecule has 24 heavy (non-hydrogen) atoms. The number of nitrogens with zero attached hydrogens (tertiary/aromatic N) is 3. The lowest BCUT2D eigenvalue weighted by molar-refractivity contribution is 0.282. The van der Waals surface area contributed by atoms with Gasteiger partial charge in [-0.2, -0.15) is 5.10 Å². The van der Waals surface area contributed by atoms with Crippen LogP contribution in [-0.2, 0) is 6.61 Å². The molecule has 0 radical (unpaired) electrons. The highest BCUT2D eigenvalue weighted by Crippen LogP contribution is 2.23. The molecule has 0 aliphatic rings. The summed E-state index contributed by atoms with van der Waals surface area (Å²) in [6, 6.07) is 19.2. The normalized spacial score (nSPS) is 11.1. The van der Waals surface area contributed by atoms with Gasteiger partial charge in [-0.15, -0.1) is 0 Å². The molecule has 0 amide bonds. The number of hydrogen-bond donors (Lipinski definition) is 1. The average molecular weight is 336 g/mol. The molecule has 0 saturated carbocycles. The van der Waals surface area contributed by atoms with E-state index < -0.39 is 0 Å². The maximum Gasteiger partial charge on any atom is 0.154 e. The predicted octanol–water partition coefficient (Wildman–Crippen LogP) is 4.21. The van der Waals surface area contributed by atoms with Crippen LogP contribution in [0.4, 0.5) is 0 Å². The molecule has 2 aromatic heterocycles. The smallest absolute Gasteiger partial charge is 0.154 e. The van der Waals surface area contributed by atoms with Crippen molar-refractivity contribution in [3.8, 4) is 22.5 Å². The molecule has 4 nitrogen and oxygen atoms in total. The fourth-order valence-electron chi connectivity index (χ4n) is 2.62. The lowest BCUT2D eigenvalue weighted by atomic mass is 10.1. The van der Waals surface area contributed by atoms with E-state index in [1.54, 1.807) is 4.52 Å². The summed E-state index contributed by atoms with van der Waals surface area (Å²) >= 11 is 5.94. The highest BCUT2D eigenvalue weighted by atomic mass is 35.5. The van der Waals surface area contributed by atoms with E-state index >= 15 is 0 Å². The molecule has 5 heteroatoms. The maximum absolute atomic E-state index is 9.28. The molecule has 0 saturated heterocycles. The summed E-state index contributed by atoms with van der Waals surface area (Å²) in [5.74, 6) is 0. The van der Waals surface area contributed by atoms with Gasteiger partial charge in [0.05, 0.1) is 24.2 Å². The maximum atomic E-state index is 9.28. The zero-order valence-corrected chi connectivity index (χ0v) is 13.5. The minimum Gasteiger partial charge on any atom is -0.392 e. The molecule has 0 spiro atoms. The van der Waals surface area contributed by atoms with Crippen molar-refractivity contribution in [1.29, 1.82) is 0 Å². The number of rotatable bonds is 3. The molecule has 0 bridgehead atoms. The second kappa shape index (κ2) is 6.07. The third-order valence-corrected chi connectivity index (χ3v) is 4.12. The zero-order chi connectivity index (χ0) is 16.5. The van der Waals surface area contributed by atoms with E-state index in [-0.39, 0.29) is 6.61 Å². The topological polar surface area (TPSA) is 50.4 Å². The molecule has 4 rings (SSSR count). The van der Waals surface area contributed by atoms with E-state index in [4.69, 9.17) is 11.6 Å². The molecular formula is C19H14ClN3O. The monoisotopic (exact) mass is 335 g/mol. The number of aliphatic hydroxyl groups is 1. The molecule has 118 valence electrons. The predicted molar refractivity (Wildman–Crippen MR) is 94.8 cm³/mol. The van der Waals surface area contributed by atoms with Crippen molar-refractivity contribution in [2.75, 3.05) is 0 Å². The van der Waals surface area contributed by atoms with Crippen LogP contribution in [0.25, 0.3) is 28.2 Å². The van der Waals surface area contributed by atoms with Crippen LogP contribution < -0.4 is 0 Å². The highest BCUT2D eigenvalue weighted by molar-refractivity contribution is 6.30. The molecule has 0 aliphatic carbocycles.